The number of anilines is 1. The van der Waals surface area contributed by atoms with Crippen molar-refractivity contribution < 1.29 is 0 Å². The minimum Gasteiger partial charge on any atom is -0.344 e. The molecule has 82 valence electrons. The van der Waals surface area contributed by atoms with Crippen molar-refractivity contribution in [3.8, 4) is 0 Å². The molecule has 0 bridgehead atoms. The van der Waals surface area contributed by atoms with E-state index in [9.17, 15) is 0 Å². The summed E-state index contributed by atoms with van der Waals surface area (Å²) in [6.45, 7) is 0.968. The average molecular weight is 227 g/mol. The number of hydrogen-bond donors (Lipinski definition) is 1. The van der Waals surface area contributed by atoms with Gasteiger partial charge >= 0.3 is 0 Å². The average Bonchev–Trinajstić information content (AvgIpc) is 2.16. The normalized spacial score (nSPS) is 24.7. The molecule has 5 heteroatoms. The van der Waals surface area contributed by atoms with Gasteiger partial charge in [0.2, 0.25) is 5.95 Å². The molecule has 1 aromatic rings. The van der Waals surface area contributed by atoms with Gasteiger partial charge in [-0.1, -0.05) is 11.6 Å². The van der Waals surface area contributed by atoms with Crippen molar-refractivity contribution in [3.05, 3.63) is 17.4 Å². The summed E-state index contributed by atoms with van der Waals surface area (Å²) in [6, 6.07) is 0.398. The van der Waals surface area contributed by atoms with Crippen molar-refractivity contribution >= 4 is 17.5 Å². The summed E-state index contributed by atoms with van der Waals surface area (Å²) in [7, 11) is 1.99. The fourth-order valence-electron chi connectivity index (χ4n) is 1.91. The Morgan fingerprint density at radius 2 is 2.07 bits per heavy atom. The van der Waals surface area contributed by atoms with Crippen LogP contribution in [0.1, 0.15) is 12.8 Å². The maximum absolute atomic E-state index is 5.74. The Morgan fingerprint density at radius 1 is 1.47 bits per heavy atom. The van der Waals surface area contributed by atoms with Gasteiger partial charge in [-0.05, 0) is 18.8 Å². The molecule has 0 amide bonds. The molecule has 0 unspecified atom stereocenters. The number of rotatable bonds is 3. The molecule has 2 N–H and O–H groups in total. The Bertz CT molecular complexity index is 321. The Kier molecular flexibility index (Phi) is 3.07. The second kappa shape index (κ2) is 4.33. The molecule has 1 saturated carbocycles. The Balaban J connectivity index is 1.90. The highest BCUT2D eigenvalue weighted by Gasteiger charge is 2.27. The number of hydrogen-bond acceptors (Lipinski definition) is 4. The first-order valence-corrected chi connectivity index (χ1v) is 5.47. The van der Waals surface area contributed by atoms with E-state index >= 15 is 0 Å². The van der Waals surface area contributed by atoms with Crippen LogP contribution in [0.4, 0.5) is 5.95 Å². The topological polar surface area (TPSA) is 55.0 Å². The summed E-state index contributed by atoms with van der Waals surface area (Å²) in [6.07, 6.45) is 5.45. The second-order valence-electron chi connectivity index (χ2n) is 4.18. The molecule has 1 aliphatic carbocycles. The van der Waals surface area contributed by atoms with Gasteiger partial charge in [0.1, 0.15) is 0 Å². The molecule has 0 aromatic carbocycles. The summed E-state index contributed by atoms with van der Waals surface area (Å²) in [5.41, 5.74) is 5.74. The van der Waals surface area contributed by atoms with Gasteiger partial charge in [-0.25, -0.2) is 9.97 Å². The van der Waals surface area contributed by atoms with Gasteiger partial charge in [-0.2, -0.15) is 0 Å². The van der Waals surface area contributed by atoms with Crippen molar-refractivity contribution in [1.82, 2.24) is 9.97 Å². The molecule has 1 heterocycles. The first-order valence-electron chi connectivity index (χ1n) is 5.09. The molecular weight excluding hydrogens is 212 g/mol. The van der Waals surface area contributed by atoms with Crippen molar-refractivity contribution in [2.45, 2.75) is 18.9 Å². The van der Waals surface area contributed by atoms with Gasteiger partial charge < -0.3 is 10.6 Å². The van der Waals surface area contributed by atoms with Crippen molar-refractivity contribution in [2.75, 3.05) is 18.5 Å². The second-order valence-corrected chi connectivity index (χ2v) is 4.62. The third kappa shape index (κ3) is 2.58. The van der Waals surface area contributed by atoms with Crippen molar-refractivity contribution in [1.29, 1.82) is 0 Å². The molecule has 0 saturated heterocycles. The molecule has 0 spiro atoms. The SMILES string of the molecule is CN(CC1CC(N)C1)c1ncc(Cl)cn1. The Morgan fingerprint density at radius 3 is 2.60 bits per heavy atom. The van der Waals surface area contributed by atoms with E-state index in [1.165, 1.54) is 0 Å². The highest BCUT2D eigenvalue weighted by Crippen LogP contribution is 2.26. The molecule has 0 atom stereocenters. The molecule has 1 aliphatic rings. The lowest BCUT2D eigenvalue weighted by Crippen LogP contribution is -2.42. The molecule has 2 rings (SSSR count). The zero-order valence-electron chi connectivity index (χ0n) is 8.73. The summed E-state index contributed by atoms with van der Waals surface area (Å²) >= 11 is 5.72. The minimum absolute atomic E-state index is 0.398. The summed E-state index contributed by atoms with van der Waals surface area (Å²) < 4.78 is 0. The maximum atomic E-state index is 5.74. The van der Waals surface area contributed by atoms with Crippen LogP contribution in [0, 0.1) is 5.92 Å². The summed E-state index contributed by atoms with van der Waals surface area (Å²) in [4.78, 5) is 10.4. The molecule has 15 heavy (non-hydrogen) atoms. The maximum Gasteiger partial charge on any atom is 0.225 e. The zero-order valence-corrected chi connectivity index (χ0v) is 9.48. The smallest absolute Gasteiger partial charge is 0.225 e. The van der Waals surface area contributed by atoms with E-state index in [4.69, 9.17) is 17.3 Å². The van der Waals surface area contributed by atoms with Crippen LogP contribution in [-0.2, 0) is 0 Å². The predicted molar refractivity (Wildman–Crippen MR) is 61.0 cm³/mol. The van der Waals surface area contributed by atoms with Crippen molar-refractivity contribution in [3.63, 3.8) is 0 Å². The molecule has 0 radical (unpaired) electrons. The van der Waals surface area contributed by atoms with E-state index in [-0.39, 0.29) is 0 Å². The van der Waals surface area contributed by atoms with Crippen LogP contribution < -0.4 is 10.6 Å². The fourth-order valence-corrected chi connectivity index (χ4v) is 2.01. The third-order valence-electron chi connectivity index (χ3n) is 2.75. The quantitative estimate of drug-likeness (QED) is 0.844. The largest absolute Gasteiger partial charge is 0.344 e. The van der Waals surface area contributed by atoms with Crippen LogP contribution in [0.3, 0.4) is 0 Å². The van der Waals surface area contributed by atoms with Gasteiger partial charge in [-0.3, -0.25) is 0 Å². The first-order chi connectivity index (χ1) is 7.15. The molecule has 1 fully saturated rings. The van der Waals surface area contributed by atoms with E-state index in [1.54, 1.807) is 12.4 Å². The van der Waals surface area contributed by atoms with Crippen LogP contribution in [0.15, 0.2) is 12.4 Å². The summed E-state index contributed by atoms with van der Waals surface area (Å²) in [5, 5.41) is 0.567. The predicted octanol–water partition coefficient (Wildman–Crippen LogP) is 1.30. The van der Waals surface area contributed by atoms with Gasteiger partial charge in [0.15, 0.2) is 0 Å². The van der Waals surface area contributed by atoms with Crippen LogP contribution in [0.5, 0.6) is 0 Å². The van der Waals surface area contributed by atoms with E-state index in [0.717, 1.165) is 25.3 Å². The zero-order chi connectivity index (χ0) is 10.8. The molecule has 0 aliphatic heterocycles. The summed E-state index contributed by atoms with van der Waals surface area (Å²) in [5.74, 6) is 1.41. The highest BCUT2D eigenvalue weighted by molar-refractivity contribution is 6.30. The third-order valence-corrected chi connectivity index (χ3v) is 2.95. The monoisotopic (exact) mass is 226 g/mol. The van der Waals surface area contributed by atoms with E-state index in [2.05, 4.69) is 9.97 Å². The highest BCUT2D eigenvalue weighted by atomic mass is 35.5. The lowest BCUT2D eigenvalue weighted by atomic mass is 9.81. The Labute approximate surface area is 94.5 Å². The van der Waals surface area contributed by atoms with Crippen LogP contribution in [-0.4, -0.2) is 29.6 Å². The van der Waals surface area contributed by atoms with E-state index in [0.29, 0.717) is 17.0 Å². The van der Waals surface area contributed by atoms with Crippen LogP contribution in [0.25, 0.3) is 0 Å². The lowest BCUT2D eigenvalue weighted by molar-refractivity contribution is 0.270. The lowest BCUT2D eigenvalue weighted by Gasteiger charge is -2.35. The van der Waals surface area contributed by atoms with Gasteiger partial charge in [-0.15, -0.1) is 0 Å². The number of nitrogens with zero attached hydrogens (tertiary/aromatic N) is 3. The standard InChI is InChI=1S/C10H15ClN4/c1-15(6-7-2-9(12)3-7)10-13-4-8(11)5-14-10/h4-5,7,9H,2-3,6,12H2,1H3. The van der Waals surface area contributed by atoms with Crippen LogP contribution in [0.2, 0.25) is 5.02 Å². The van der Waals surface area contributed by atoms with Crippen molar-refractivity contribution in [2.24, 2.45) is 11.7 Å². The molecular formula is C10H15ClN4. The van der Waals surface area contributed by atoms with Gasteiger partial charge in [0.05, 0.1) is 17.4 Å². The fraction of sp³-hybridized carbons (Fsp3) is 0.600. The number of nitrogens with two attached hydrogens (primary N) is 1. The first kappa shape index (κ1) is 10.6. The Hall–Kier alpha value is -0.870. The van der Waals surface area contributed by atoms with Crippen LogP contribution >= 0.6 is 11.6 Å². The molecule has 4 nitrogen and oxygen atoms in total. The van der Waals surface area contributed by atoms with E-state index in [1.807, 2.05) is 11.9 Å². The number of halogens is 1. The van der Waals surface area contributed by atoms with Gasteiger partial charge in [0, 0.05) is 19.6 Å². The van der Waals surface area contributed by atoms with Gasteiger partial charge in [0.25, 0.3) is 0 Å². The van der Waals surface area contributed by atoms with E-state index < -0.39 is 0 Å². The number of aromatic nitrogens is 2. The minimum atomic E-state index is 0.398. The molecule has 1 aromatic heterocycles.